The lowest BCUT2D eigenvalue weighted by Gasteiger charge is -2.32. The minimum absolute atomic E-state index is 0.0360. The number of piperidine rings is 1. The van der Waals surface area contributed by atoms with Crippen molar-refractivity contribution in [3.05, 3.63) is 59.1 Å². The van der Waals surface area contributed by atoms with Crippen LogP contribution in [0.4, 0.5) is 11.4 Å². The molecular weight excluding hydrogens is 386 g/mol. The first-order valence-electron chi connectivity index (χ1n) is 10.3. The Morgan fingerprint density at radius 2 is 1.86 bits per heavy atom. The molecule has 2 aliphatic rings. The molecule has 2 aromatic rings. The van der Waals surface area contributed by atoms with Gasteiger partial charge in [-0.3, -0.25) is 14.5 Å². The number of amides is 2. The molecule has 2 saturated heterocycles. The molecule has 1 N–H and O–H groups in total. The molecule has 0 aliphatic carbocycles. The summed E-state index contributed by atoms with van der Waals surface area (Å²) in [5, 5.41) is 3.82. The summed E-state index contributed by atoms with van der Waals surface area (Å²) in [6.45, 7) is 3.25. The number of anilines is 2. The number of hydrogen-bond acceptors (Lipinski definition) is 3. The molecule has 2 aliphatic heterocycles. The van der Waals surface area contributed by atoms with Crippen molar-refractivity contribution in [3.63, 3.8) is 0 Å². The fraction of sp³-hybridized carbons (Fsp3) is 0.391. The van der Waals surface area contributed by atoms with Crippen molar-refractivity contribution < 1.29 is 9.59 Å². The van der Waals surface area contributed by atoms with Gasteiger partial charge in [0.1, 0.15) is 0 Å². The monoisotopic (exact) mass is 411 g/mol. The highest BCUT2D eigenvalue weighted by atomic mass is 35.5. The molecule has 152 valence electrons. The van der Waals surface area contributed by atoms with Crippen molar-refractivity contribution in [1.82, 2.24) is 4.90 Å². The first kappa shape index (κ1) is 19.9. The number of halogens is 1. The minimum atomic E-state index is -0.0360. The lowest BCUT2D eigenvalue weighted by Crippen LogP contribution is -2.40. The number of nitrogens with one attached hydrogen (secondary N) is 1. The Morgan fingerprint density at radius 1 is 1.07 bits per heavy atom. The zero-order valence-electron chi connectivity index (χ0n) is 16.4. The fourth-order valence-electron chi connectivity index (χ4n) is 4.17. The van der Waals surface area contributed by atoms with Crippen LogP contribution in [0.1, 0.15) is 31.2 Å². The molecule has 29 heavy (non-hydrogen) atoms. The predicted molar refractivity (Wildman–Crippen MR) is 116 cm³/mol. The van der Waals surface area contributed by atoms with Gasteiger partial charge in [-0.15, -0.1) is 0 Å². The van der Waals surface area contributed by atoms with Gasteiger partial charge in [0.25, 0.3) is 0 Å². The maximum Gasteiger partial charge on any atom is 0.228 e. The van der Waals surface area contributed by atoms with Crippen molar-refractivity contribution in [2.45, 2.75) is 32.2 Å². The second-order valence-corrected chi connectivity index (χ2v) is 8.26. The van der Waals surface area contributed by atoms with E-state index in [4.69, 9.17) is 11.6 Å². The van der Waals surface area contributed by atoms with Crippen LogP contribution in [0, 0.1) is 5.92 Å². The SMILES string of the molecule is O=C(Nc1ccc(N2CCCC2=O)cc1)C1CCCN(Cc2ccccc2Cl)C1. The van der Waals surface area contributed by atoms with Gasteiger partial charge in [-0.25, -0.2) is 0 Å². The highest BCUT2D eigenvalue weighted by molar-refractivity contribution is 6.31. The number of hydrogen-bond donors (Lipinski definition) is 1. The summed E-state index contributed by atoms with van der Waals surface area (Å²) in [4.78, 5) is 28.8. The first-order valence-corrected chi connectivity index (χ1v) is 10.6. The molecule has 0 bridgehead atoms. The minimum Gasteiger partial charge on any atom is -0.326 e. The Bertz CT molecular complexity index is 884. The van der Waals surface area contributed by atoms with Crippen molar-refractivity contribution in [1.29, 1.82) is 0 Å². The number of carbonyl (C=O) groups excluding carboxylic acids is 2. The summed E-state index contributed by atoms with van der Waals surface area (Å²) >= 11 is 6.29. The first-order chi connectivity index (χ1) is 14.1. The molecule has 2 aromatic carbocycles. The molecule has 5 nitrogen and oxygen atoms in total. The van der Waals surface area contributed by atoms with Gasteiger partial charge in [0.2, 0.25) is 11.8 Å². The molecule has 2 heterocycles. The van der Waals surface area contributed by atoms with Gasteiger partial charge in [-0.2, -0.15) is 0 Å². The van der Waals surface area contributed by atoms with Crippen LogP contribution in [-0.2, 0) is 16.1 Å². The number of rotatable bonds is 5. The summed E-state index contributed by atoms with van der Waals surface area (Å²) in [5.41, 5.74) is 2.77. The molecule has 2 amide bonds. The maximum absolute atomic E-state index is 12.8. The van der Waals surface area contributed by atoms with E-state index in [-0.39, 0.29) is 17.7 Å². The van der Waals surface area contributed by atoms with Gasteiger partial charge in [0, 0.05) is 42.5 Å². The van der Waals surface area contributed by atoms with Crippen LogP contribution in [-0.4, -0.2) is 36.3 Å². The average molecular weight is 412 g/mol. The topological polar surface area (TPSA) is 52.7 Å². The molecular formula is C23H26ClN3O2. The third-order valence-corrected chi connectivity index (χ3v) is 6.12. The molecule has 1 atom stereocenters. The smallest absolute Gasteiger partial charge is 0.228 e. The lowest BCUT2D eigenvalue weighted by atomic mass is 9.96. The Hall–Kier alpha value is -2.37. The predicted octanol–water partition coefficient (Wildman–Crippen LogP) is 4.32. The standard InChI is InChI=1S/C23H26ClN3O2/c24-21-7-2-1-5-17(21)15-26-13-3-6-18(16-26)23(29)25-19-9-11-20(12-10-19)27-14-4-8-22(27)28/h1-2,5,7,9-12,18H,3-4,6,8,13-16H2,(H,25,29). The Balaban J connectivity index is 1.34. The molecule has 2 fully saturated rings. The maximum atomic E-state index is 12.8. The van der Waals surface area contributed by atoms with E-state index in [1.165, 1.54) is 0 Å². The zero-order valence-corrected chi connectivity index (χ0v) is 17.2. The van der Waals surface area contributed by atoms with Crippen molar-refractivity contribution in [3.8, 4) is 0 Å². The largest absolute Gasteiger partial charge is 0.326 e. The molecule has 0 saturated carbocycles. The molecule has 0 aromatic heterocycles. The van der Waals surface area contributed by atoms with Crippen molar-refractivity contribution in [2.24, 2.45) is 5.92 Å². The van der Waals surface area contributed by atoms with Gasteiger partial charge in [-0.05, 0) is 61.7 Å². The van der Waals surface area contributed by atoms with E-state index in [2.05, 4.69) is 10.2 Å². The summed E-state index contributed by atoms with van der Waals surface area (Å²) in [6.07, 6.45) is 3.42. The fourth-order valence-corrected chi connectivity index (χ4v) is 4.37. The molecule has 0 spiro atoms. The van der Waals surface area contributed by atoms with Crippen LogP contribution in [0.5, 0.6) is 0 Å². The summed E-state index contributed by atoms with van der Waals surface area (Å²) in [7, 11) is 0. The summed E-state index contributed by atoms with van der Waals surface area (Å²) in [6, 6.07) is 15.4. The van der Waals surface area contributed by atoms with E-state index in [1.54, 1.807) is 4.90 Å². The molecule has 6 heteroatoms. The van der Waals surface area contributed by atoms with E-state index in [1.807, 2.05) is 48.5 Å². The number of benzene rings is 2. The Labute approximate surface area is 176 Å². The molecule has 0 radical (unpaired) electrons. The third-order valence-electron chi connectivity index (χ3n) is 5.75. The van der Waals surface area contributed by atoms with E-state index in [0.717, 1.165) is 67.4 Å². The van der Waals surface area contributed by atoms with Crippen LogP contribution in [0.2, 0.25) is 5.02 Å². The van der Waals surface area contributed by atoms with E-state index in [0.29, 0.717) is 6.42 Å². The normalized spacial score (nSPS) is 20.1. The van der Waals surface area contributed by atoms with Crippen molar-refractivity contribution in [2.75, 3.05) is 29.9 Å². The van der Waals surface area contributed by atoms with E-state index in [9.17, 15) is 9.59 Å². The quantitative estimate of drug-likeness (QED) is 0.797. The Kier molecular flexibility index (Phi) is 6.16. The van der Waals surface area contributed by atoms with Gasteiger partial charge in [0.15, 0.2) is 0 Å². The van der Waals surface area contributed by atoms with E-state index >= 15 is 0 Å². The van der Waals surface area contributed by atoms with Crippen LogP contribution < -0.4 is 10.2 Å². The third kappa shape index (κ3) is 4.80. The van der Waals surface area contributed by atoms with Gasteiger partial charge >= 0.3 is 0 Å². The van der Waals surface area contributed by atoms with Crippen molar-refractivity contribution >= 4 is 34.8 Å². The highest BCUT2D eigenvalue weighted by Crippen LogP contribution is 2.25. The molecule has 1 unspecified atom stereocenters. The number of nitrogens with zero attached hydrogens (tertiary/aromatic N) is 2. The van der Waals surface area contributed by atoms with Crippen LogP contribution in [0.15, 0.2) is 48.5 Å². The number of likely N-dealkylation sites (tertiary alicyclic amines) is 1. The highest BCUT2D eigenvalue weighted by Gasteiger charge is 2.26. The van der Waals surface area contributed by atoms with Crippen LogP contribution in [0.3, 0.4) is 0 Å². The number of carbonyl (C=O) groups is 2. The summed E-state index contributed by atoms with van der Waals surface area (Å²) in [5.74, 6) is 0.188. The Morgan fingerprint density at radius 3 is 2.59 bits per heavy atom. The zero-order chi connectivity index (χ0) is 20.2. The van der Waals surface area contributed by atoms with Crippen LogP contribution in [0.25, 0.3) is 0 Å². The van der Waals surface area contributed by atoms with E-state index < -0.39 is 0 Å². The van der Waals surface area contributed by atoms with Crippen LogP contribution >= 0.6 is 11.6 Å². The average Bonchev–Trinajstić information content (AvgIpc) is 3.16. The second-order valence-electron chi connectivity index (χ2n) is 7.85. The summed E-state index contributed by atoms with van der Waals surface area (Å²) < 4.78 is 0. The second kappa shape index (κ2) is 8.97. The van der Waals surface area contributed by atoms with Gasteiger partial charge < -0.3 is 10.2 Å². The molecule has 4 rings (SSSR count). The lowest BCUT2D eigenvalue weighted by molar-refractivity contribution is -0.121. The van der Waals surface area contributed by atoms with Gasteiger partial charge in [-0.1, -0.05) is 29.8 Å². The van der Waals surface area contributed by atoms with Gasteiger partial charge in [0.05, 0.1) is 5.92 Å².